The van der Waals surface area contributed by atoms with E-state index in [1.54, 1.807) is 0 Å². The molecule has 0 bridgehead atoms. The lowest BCUT2D eigenvalue weighted by atomic mass is 10.0. The Labute approximate surface area is 92.9 Å². The standard InChI is InChI=1S/C14H19N/c1-3-8-14(15-11-4-2)12-13-9-6-5-7-10-13/h2,5-7,9-10,14-15H,3,8,11-12H2,1H3. The highest BCUT2D eigenvalue weighted by Crippen LogP contribution is 2.07. The second-order valence-corrected chi connectivity index (χ2v) is 3.76. The largest absolute Gasteiger partial charge is 0.303 e. The Balaban J connectivity index is 2.47. The zero-order valence-electron chi connectivity index (χ0n) is 9.37. The van der Waals surface area contributed by atoms with Gasteiger partial charge in [-0.15, -0.1) is 6.42 Å². The van der Waals surface area contributed by atoms with Crippen LogP contribution in [0.15, 0.2) is 30.3 Å². The van der Waals surface area contributed by atoms with Gasteiger partial charge < -0.3 is 5.32 Å². The molecule has 1 N–H and O–H groups in total. The van der Waals surface area contributed by atoms with Gasteiger partial charge in [-0.05, 0) is 18.4 Å². The molecule has 0 saturated heterocycles. The molecule has 1 aromatic carbocycles. The summed E-state index contributed by atoms with van der Waals surface area (Å²) in [5.41, 5.74) is 1.38. The van der Waals surface area contributed by atoms with Gasteiger partial charge in [-0.25, -0.2) is 0 Å². The molecule has 0 radical (unpaired) electrons. The lowest BCUT2D eigenvalue weighted by Crippen LogP contribution is -2.31. The van der Waals surface area contributed by atoms with Crippen molar-refractivity contribution in [3.63, 3.8) is 0 Å². The van der Waals surface area contributed by atoms with E-state index in [1.165, 1.54) is 18.4 Å². The molecule has 1 heteroatoms. The van der Waals surface area contributed by atoms with E-state index in [0.717, 1.165) is 6.42 Å². The first-order valence-electron chi connectivity index (χ1n) is 5.57. The van der Waals surface area contributed by atoms with Crippen LogP contribution in [0, 0.1) is 12.3 Å². The lowest BCUT2D eigenvalue weighted by Gasteiger charge is -2.16. The van der Waals surface area contributed by atoms with Crippen molar-refractivity contribution in [2.24, 2.45) is 0 Å². The Morgan fingerprint density at radius 1 is 1.33 bits per heavy atom. The van der Waals surface area contributed by atoms with Gasteiger partial charge >= 0.3 is 0 Å². The number of nitrogens with one attached hydrogen (secondary N) is 1. The van der Waals surface area contributed by atoms with Crippen molar-refractivity contribution in [1.29, 1.82) is 0 Å². The molecule has 80 valence electrons. The zero-order chi connectivity index (χ0) is 10.9. The molecule has 0 fully saturated rings. The van der Waals surface area contributed by atoms with Crippen molar-refractivity contribution < 1.29 is 0 Å². The summed E-state index contributed by atoms with van der Waals surface area (Å²) in [6, 6.07) is 11.1. The van der Waals surface area contributed by atoms with Gasteiger partial charge in [0.1, 0.15) is 0 Å². The van der Waals surface area contributed by atoms with E-state index in [1.807, 2.05) is 6.07 Å². The Bertz CT molecular complexity index is 297. The minimum atomic E-state index is 0.508. The van der Waals surface area contributed by atoms with Crippen molar-refractivity contribution in [2.45, 2.75) is 32.2 Å². The van der Waals surface area contributed by atoms with E-state index in [9.17, 15) is 0 Å². The molecule has 0 spiro atoms. The van der Waals surface area contributed by atoms with E-state index < -0.39 is 0 Å². The Kier molecular flexibility index (Phi) is 5.58. The zero-order valence-corrected chi connectivity index (χ0v) is 9.37. The van der Waals surface area contributed by atoms with E-state index in [4.69, 9.17) is 6.42 Å². The normalized spacial score (nSPS) is 12.0. The van der Waals surface area contributed by atoms with Gasteiger partial charge in [-0.3, -0.25) is 0 Å². The van der Waals surface area contributed by atoms with Crippen molar-refractivity contribution in [1.82, 2.24) is 5.32 Å². The summed E-state index contributed by atoms with van der Waals surface area (Å²) in [5.74, 6) is 2.63. The highest BCUT2D eigenvalue weighted by atomic mass is 14.9. The third-order valence-electron chi connectivity index (χ3n) is 2.45. The second kappa shape index (κ2) is 7.09. The molecule has 1 rings (SSSR count). The fourth-order valence-corrected chi connectivity index (χ4v) is 1.73. The summed E-state index contributed by atoms with van der Waals surface area (Å²) in [4.78, 5) is 0. The maximum atomic E-state index is 5.25. The lowest BCUT2D eigenvalue weighted by molar-refractivity contribution is 0.498. The summed E-state index contributed by atoms with van der Waals surface area (Å²) in [6.45, 7) is 2.87. The second-order valence-electron chi connectivity index (χ2n) is 3.76. The SMILES string of the molecule is C#CCNC(CCC)Cc1ccccc1. The van der Waals surface area contributed by atoms with Crippen LogP contribution in [-0.2, 0) is 6.42 Å². The molecule has 1 nitrogen and oxygen atoms in total. The quantitative estimate of drug-likeness (QED) is 0.698. The molecule has 0 aliphatic heterocycles. The maximum absolute atomic E-state index is 5.25. The van der Waals surface area contributed by atoms with E-state index >= 15 is 0 Å². The van der Waals surface area contributed by atoms with Gasteiger partial charge in [-0.2, -0.15) is 0 Å². The fraction of sp³-hybridized carbons (Fsp3) is 0.429. The summed E-state index contributed by atoms with van der Waals surface area (Å²) >= 11 is 0. The first-order chi connectivity index (χ1) is 7.36. The smallest absolute Gasteiger partial charge is 0.0576 e. The summed E-state index contributed by atoms with van der Waals surface area (Å²) in [5, 5.41) is 3.38. The predicted molar refractivity (Wildman–Crippen MR) is 65.7 cm³/mol. The minimum absolute atomic E-state index is 0.508. The van der Waals surface area contributed by atoms with Gasteiger partial charge in [0.2, 0.25) is 0 Å². The predicted octanol–water partition coefficient (Wildman–Crippen LogP) is 2.62. The Hall–Kier alpha value is -1.26. The summed E-state index contributed by atoms with van der Waals surface area (Å²) in [6.07, 6.45) is 8.69. The van der Waals surface area contributed by atoms with Gasteiger partial charge in [-0.1, -0.05) is 49.6 Å². The van der Waals surface area contributed by atoms with E-state index in [-0.39, 0.29) is 0 Å². The van der Waals surface area contributed by atoms with Crippen molar-refractivity contribution >= 4 is 0 Å². The molecule has 0 amide bonds. The first kappa shape index (κ1) is 11.8. The van der Waals surface area contributed by atoms with Crippen molar-refractivity contribution in [2.75, 3.05) is 6.54 Å². The van der Waals surface area contributed by atoms with Gasteiger partial charge in [0.15, 0.2) is 0 Å². The highest BCUT2D eigenvalue weighted by Gasteiger charge is 2.06. The molecule has 15 heavy (non-hydrogen) atoms. The van der Waals surface area contributed by atoms with Crippen molar-refractivity contribution in [3.05, 3.63) is 35.9 Å². The fourth-order valence-electron chi connectivity index (χ4n) is 1.73. The average Bonchev–Trinajstić information content (AvgIpc) is 2.28. The molecular weight excluding hydrogens is 182 g/mol. The van der Waals surface area contributed by atoms with Crippen LogP contribution in [0.1, 0.15) is 25.3 Å². The first-order valence-corrected chi connectivity index (χ1v) is 5.57. The molecule has 0 heterocycles. The molecule has 0 saturated carbocycles. The van der Waals surface area contributed by atoms with Crippen LogP contribution in [-0.4, -0.2) is 12.6 Å². The third-order valence-corrected chi connectivity index (χ3v) is 2.45. The van der Waals surface area contributed by atoms with Crippen molar-refractivity contribution in [3.8, 4) is 12.3 Å². The van der Waals surface area contributed by atoms with Crippen LogP contribution in [0.5, 0.6) is 0 Å². The van der Waals surface area contributed by atoms with Gasteiger partial charge in [0.05, 0.1) is 6.54 Å². The number of hydrogen-bond donors (Lipinski definition) is 1. The number of hydrogen-bond acceptors (Lipinski definition) is 1. The summed E-state index contributed by atoms with van der Waals surface area (Å²) in [7, 11) is 0. The third kappa shape index (κ3) is 4.67. The maximum Gasteiger partial charge on any atom is 0.0576 e. The average molecular weight is 201 g/mol. The minimum Gasteiger partial charge on any atom is -0.303 e. The van der Waals surface area contributed by atoms with Crippen LogP contribution in [0.3, 0.4) is 0 Å². The molecule has 0 aliphatic rings. The molecule has 0 aromatic heterocycles. The molecular formula is C14H19N. The van der Waals surface area contributed by atoms with E-state index in [2.05, 4.69) is 42.4 Å². The highest BCUT2D eigenvalue weighted by molar-refractivity contribution is 5.16. The molecule has 1 unspecified atom stereocenters. The Morgan fingerprint density at radius 3 is 2.67 bits per heavy atom. The van der Waals surface area contributed by atoms with Crippen LogP contribution >= 0.6 is 0 Å². The van der Waals surface area contributed by atoms with Crippen LogP contribution in [0.25, 0.3) is 0 Å². The van der Waals surface area contributed by atoms with Gasteiger partial charge in [0, 0.05) is 6.04 Å². The monoisotopic (exact) mass is 201 g/mol. The van der Waals surface area contributed by atoms with Crippen LogP contribution in [0.2, 0.25) is 0 Å². The molecule has 1 aromatic rings. The number of terminal acetylenes is 1. The Morgan fingerprint density at radius 2 is 2.07 bits per heavy atom. The number of benzene rings is 1. The molecule has 0 aliphatic carbocycles. The van der Waals surface area contributed by atoms with Gasteiger partial charge in [0.25, 0.3) is 0 Å². The van der Waals surface area contributed by atoms with Crippen LogP contribution in [0.4, 0.5) is 0 Å². The number of rotatable bonds is 6. The van der Waals surface area contributed by atoms with Crippen LogP contribution < -0.4 is 5.32 Å². The summed E-state index contributed by atoms with van der Waals surface area (Å²) < 4.78 is 0. The van der Waals surface area contributed by atoms with E-state index in [0.29, 0.717) is 12.6 Å². The topological polar surface area (TPSA) is 12.0 Å². The molecule has 1 atom stereocenters.